The first-order valence-corrected chi connectivity index (χ1v) is 8.30. The number of imide groups is 1. The lowest BCUT2D eigenvalue weighted by molar-refractivity contribution is 0.0642. The van der Waals surface area contributed by atoms with Crippen LogP contribution in [0.25, 0.3) is 0 Å². The van der Waals surface area contributed by atoms with E-state index in [1.807, 2.05) is 6.92 Å². The monoisotopic (exact) mass is 352 g/mol. The van der Waals surface area contributed by atoms with E-state index in [9.17, 15) is 14.4 Å². The lowest BCUT2D eigenvalue weighted by atomic mass is 10.0. The van der Waals surface area contributed by atoms with Gasteiger partial charge in [0.2, 0.25) is 0 Å². The molecule has 0 saturated carbocycles. The van der Waals surface area contributed by atoms with Crippen LogP contribution in [0.4, 0.5) is 0 Å². The Morgan fingerprint density at radius 1 is 1.15 bits per heavy atom. The highest BCUT2D eigenvalue weighted by molar-refractivity contribution is 6.22. The first-order chi connectivity index (χ1) is 12.4. The molecule has 26 heavy (non-hydrogen) atoms. The molecule has 134 valence electrons. The molecule has 2 N–H and O–H groups in total. The highest BCUT2D eigenvalue weighted by Crippen LogP contribution is 2.26. The number of fused-ring (bicyclic) bond motifs is 1. The van der Waals surface area contributed by atoms with Crippen molar-refractivity contribution in [1.82, 2.24) is 14.8 Å². The number of likely N-dealkylation sites (N-methyl/N-ethyl adjacent to an activating group) is 1. The van der Waals surface area contributed by atoms with Gasteiger partial charge in [-0.05, 0) is 42.8 Å². The van der Waals surface area contributed by atoms with E-state index in [1.165, 1.54) is 21.9 Å². The summed E-state index contributed by atoms with van der Waals surface area (Å²) in [5.41, 5.74) is 7.34. The Labute approximate surface area is 151 Å². The van der Waals surface area contributed by atoms with Gasteiger partial charge in [-0.2, -0.15) is 0 Å². The predicted octanol–water partition coefficient (Wildman–Crippen LogP) is 1.30. The second-order valence-corrected chi connectivity index (χ2v) is 6.31. The minimum absolute atomic E-state index is 0.128. The molecule has 1 unspecified atom stereocenters. The molecule has 3 rings (SSSR count). The van der Waals surface area contributed by atoms with E-state index in [1.54, 1.807) is 37.6 Å². The van der Waals surface area contributed by atoms with E-state index in [-0.39, 0.29) is 30.0 Å². The van der Waals surface area contributed by atoms with Gasteiger partial charge in [-0.25, -0.2) is 0 Å². The van der Waals surface area contributed by atoms with Gasteiger partial charge in [0.25, 0.3) is 17.7 Å². The van der Waals surface area contributed by atoms with Crippen molar-refractivity contribution < 1.29 is 14.4 Å². The fourth-order valence-electron chi connectivity index (χ4n) is 2.80. The molecule has 1 aromatic carbocycles. The van der Waals surface area contributed by atoms with Crippen LogP contribution >= 0.6 is 0 Å². The van der Waals surface area contributed by atoms with Crippen molar-refractivity contribution in [3.63, 3.8) is 0 Å². The summed E-state index contributed by atoms with van der Waals surface area (Å²) in [6.07, 6.45) is 3.22. The largest absolute Gasteiger partial charge is 0.338 e. The van der Waals surface area contributed by atoms with E-state index in [0.29, 0.717) is 17.7 Å². The minimum Gasteiger partial charge on any atom is -0.338 e. The van der Waals surface area contributed by atoms with Crippen LogP contribution in [-0.2, 0) is 6.54 Å². The van der Waals surface area contributed by atoms with E-state index >= 15 is 0 Å². The Morgan fingerprint density at radius 3 is 2.46 bits per heavy atom. The summed E-state index contributed by atoms with van der Waals surface area (Å²) in [7, 11) is 1.66. The fraction of sp³-hybridized carbons (Fsp3) is 0.263. The molecule has 0 fully saturated rings. The molecular formula is C19H20N4O3. The zero-order valence-electron chi connectivity index (χ0n) is 14.7. The van der Waals surface area contributed by atoms with Crippen LogP contribution in [0.5, 0.6) is 0 Å². The minimum atomic E-state index is -0.397. The highest BCUT2D eigenvalue weighted by atomic mass is 16.2. The summed E-state index contributed by atoms with van der Waals surface area (Å²) in [4.78, 5) is 44.4. The fourth-order valence-corrected chi connectivity index (χ4v) is 2.80. The summed E-state index contributed by atoms with van der Waals surface area (Å²) < 4.78 is 0. The molecule has 7 nitrogen and oxygen atoms in total. The quantitative estimate of drug-likeness (QED) is 0.818. The molecule has 0 bridgehead atoms. The Morgan fingerprint density at radius 2 is 1.81 bits per heavy atom. The summed E-state index contributed by atoms with van der Waals surface area (Å²) in [6.45, 7) is 2.35. The van der Waals surface area contributed by atoms with Crippen LogP contribution in [0.2, 0.25) is 0 Å². The third-order valence-electron chi connectivity index (χ3n) is 4.63. The van der Waals surface area contributed by atoms with Crippen molar-refractivity contribution in [2.45, 2.75) is 19.5 Å². The Kier molecular flexibility index (Phi) is 4.81. The number of nitrogens with zero attached hydrogens (tertiary/aromatic N) is 3. The Balaban J connectivity index is 1.87. The molecule has 1 atom stereocenters. The van der Waals surface area contributed by atoms with E-state index in [0.717, 1.165) is 5.56 Å². The molecule has 2 aromatic rings. The number of hydrogen-bond donors (Lipinski definition) is 1. The number of amides is 3. The van der Waals surface area contributed by atoms with Gasteiger partial charge >= 0.3 is 0 Å². The number of aromatic nitrogens is 1. The number of carbonyl (C=O) groups is 3. The number of benzene rings is 1. The molecule has 3 amide bonds. The van der Waals surface area contributed by atoms with Gasteiger partial charge < -0.3 is 10.6 Å². The molecule has 0 aliphatic carbocycles. The first-order valence-electron chi connectivity index (χ1n) is 8.30. The van der Waals surface area contributed by atoms with Crippen molar-refractivity contribution in [3.8, 4) is 0 Å². The smallest absolute Gasteiger partial charge is 0.261 e. The maximum Gasteiger partial charge on any atom is 0.261 e. The van der Waals surface area contributed by atoms with Gasteiger partial charge in [-0.3, -0.25) is 24.3 Å². The van der Waals surface area contributed by atoms with Gasteiger partial charge in [-0.15, -0.1) is 0 Å². The second-order valence-electron chi connectivity index (χ2n) is 6.31. The molecular weight excluding hydrogens is 332 g/mol. The predicted molar refractivity (Wildman–Crippen MR) is 95.5 cm³/mol. The van der Waals surface area contributed by atoms with E-state index < -0.39 is 5.91 Å². The number of nitrogens with two attached hydrogens (primary N) is 1. The van der Waals surface area contributed by atoms with Gasteiger partial charge in [-0.1, -0.05) is 0 Å². The number of rotatable bonds is 5. The third kappa shape index (κ3) is 3.09. The topological polar surface area (TPSA) is 96.6 Å². The standard InChI is InChI=1S/C19H20N4O3/c1-12(10-20)22(2)17(24)14-3-4-15-16(9-14)19(26)23(18(15)25)11-13-5-7-21-8-6-13/h3-9,12H,10-11,20H2,1-2H3. The van der Waals surface area contributed by atoms with Crippen molar-refractivity contribution >= 4 is 17.7 Å². The van der Waals surface area contributed by atoms with Crippen LogP contribution in [-0.4, -0.2) is 52.1 Å². The third-order valence-corrected chi connectivity index (χ3v) is 4.63. The zero-order valence-corrected chi connectivity index (χ0v) is 14.7. The van der Waals surface area contributed by atoms with Crippen molar-refractivity contribution in [1.29, 1.82) is 0 Å². The highest BCUT2D eigenvalue weighted by Gasteiger charge is 2.36. The van der Waals surface area contributed by atoms with Crippen LogP contribution in [0, 0.1) is 0 Å². The SMILES string of the molecule is CC(CN)N(C)C(=O)c1ccc2c(c1)C(=O)N(Cc1ccncc1)C2=O. The summed E-state index contributed by atoms with van der Waals surface area (Å²) in [6, 6.07) is 7.97. The zero-order chi connectivity index (χ0) is 18.8. The lowest BCUT2D eigenvalue weighted by Gasteiger charge is -2.23. The van der Waals surface area contributed by atoms with Crippen LogP contribution in [0.15, 0.2) is 42.7 Å². The van der Waals surface area contributed by atoms with E-state index in [4.69, 9.17) is 5.73 Å². The summed E-state index contributed by atoms with van der Waals surface area (Å²) in [5.74, 6) is -0.992. The maximum absolute atomic E-state index is 12.7. The molecule has 1 aliphatic heterocycles. The van der Waals surface area contributed by atoms with Crippen LogP contribution in [0.3, 0.4) is 0 Å². The molecule has 0 saturated heterocycles. The van der Waals surface area contributed by atoms with Gasteiger partial charge in [0, 0.05) is 37.6 Å². The van der Waals surface area contributed by atoms with Crippen molar-refractivity contribution in [3.05, 3.63) is 65.0 Å². The molecule has 1 aliphatic rings. The Hall–Kier alpha value is -3.06. The van der Waals surface area contributed by atoms with Crippen molar-refractivity contribution in [2.24, 2.45) is 5.73 Å². The molecule has 0 radical (unpaired) electrons. The normalized spacial score (nSPS) is 14.3. The second kappa shape index (κ2) is 7.05. The van der Waals surface area contributed by atoms with Crippen LogP contribution in [0.1, 0.15) is 43.6 Å². The average molecular weight is 352 g/mol. The lowest BCUT2D eigenvalue weighted by Crippen LogP contribution is -2.39. The molecule has 0 spiro atoms. The summed E-state index contributed by atoms with van der Waals surface area (Å²) in [5, 5.41) is 0. The average Bonchev–Trinajstić information content (AvgIpc) is 2.91. The van der Waals surface area contributed by atoms with Crippen LogP contribution < -0.4 is 5.73 Å². The Bertz CT molecular complexity index is 866. The molecule has 2 heterocycles. The van der Waals surface area contributed by atoms with Crippen molar-refractivity contribution in [2.75, 3.05) is 13.6 Å². The van der Waals surface area contributed by atoms with Gasteiger partial charge in [0.05, 0.1) is 17.7 Å². The number of hydrogen-bond acceptors (Lipinski definition) is 5. The number of pyridine rings is 1. The maximum atomic E-state index is 12.7. The molecule has 1 aromatic heterocycles. The van der Waals surface area contributed by atoms with Gasteiger partial charge in [0.1, 0.15) is 0 Å². The van der Waals surface area contributed by atoms with E-state index in [2.05, 4.69) is 4.98 Å². The number of carbonyl (C=O) groups excluding carboxylic acids is 3. The first kappa shape index (κ1) is 17.8. The summed E-state index contributed by atoms with van der Waals surface area (Å²) >= 11 is 0. The molecule has 7 heteroatoms. The van der Waals surface area contributed by atoms with Gasteiger partial charge in [0.15, 0.2) is 0 Å².